The Labute approximate surface area is 123 Å². The lowest BCUT2D eigenvalue weighted by molar-refractivity contribution is -0.0332. The van der Waals surface area contributed by atoms with Gasteiger partial charge in [-0.3, -0.25) is 9.48 Å². The Hall–Kier alpha value is -1.40. The van der Waals surface area contributed by atoms with Crippen LogP contribution in [0.1, 0.15) is 35.4 Å². The summed E-state index contributed by atoms with van der Waals surface area (Å²) in [6, 6.07) is 1.88. The van der Waals surface area contributed by atoms with Crippen molar-refractivity contribution in [3.8, 4) is 0 Å². The molecule has 2 heterocycles. The molecule has 6 nitrogen and oxygen atoms in total. The first-order valence-corrected chi connectivity index (χ1v) is 7.84. The van der Waals surface area contributed by atoms with E-state index in [1.54, 1.807) is 0 Å². The third-order valence-corrected chi connectivity index (χ3v) is 5.48. The molecule has 21 heavy (non-hydrogen) atoms. The fourth-order valence-electron chi connectivity index (χ4n) is 4.35. The van der Waals surface area contributed by atoms with Crippen molar-refractivity contribution in [2.75, 3.05) is 6.54 Å². The molecule has 1 aliphatic heterocycles. The van der Waals surface area contributed by atoms with E-state index in [9.17, 15) is 15.0 Å². The monoisotopic (exact) mass is 291 g/mol. The normalized spacial score (nSPS) is 37.0. The molecule has 2 saturated carbocycles. The zero-order chi connectivity index (χ0) is 14.6. The van der Waals surface area contributed by atoms with Gasteiger partial charge in [-0.05, 0) is 49.5 Å². The van der Waals surface area contributed by atoms with E-state index in [-0.39, 0.29) is 23.7 Å². The van der Waals surface area contributed by atoms with Crippen LogP contribution in [-0.2, 0) is 13.0 Å². The number of nitrogens with one attached hydrogen (secondary N) is 1. The van der Waals surface area contributed by atoms with Crippen LogP contribution in [-0.4, -0.2) is 44.7 Å². The van der Waals surface area contributed by atoms with E-state index in [1.807, 2.05) is 10.7 Å². The number of aryl methyl sites for hydroxylation is 2. The number of hydrogen-bond acceptors (Lipinski definition) is 4. The highest BCUT2D eigenvalue weighted by Crippen LogP contribution is 2.48. The van der Waals surface area contributed by atoms with E-state index < -0.39 is 12.2 Å². The van der Waals surface area contributed by atoms with Gasteiger partial charge in [-0.15, -0.1) is 0 Å². The van der Waals surface area contributed by atoms with E-state index in [1.165, 1.54) is 0 Å². The molecule has 1 amide bonds. The van der Waals surface area contributed by atoms with Crippen LogP contribution in [0.4, 0.5) is 0 Å². The number of hydrogen-bond donors (Lipinski definition) is 3. The highest BCUT2D eigenvalue weighted by Gasteiger charge is 2.51. The van der Waals surface area contributed by atoms with Crippen molar-refractivity contribution >= 4 is 5.91 Å². The van der Waals surface area contributed by atoms with Crippen molar-refractivity contribution in [1.29, 1.82) is 0 Å². The number of aliphatic hydroxyl groups is 2. The molecule has 0 radical (unpaired) electrons. The second kappa shape index (κ2) is 4.81. The number of amides is 1. The minimum Gasteiger partial charge on any atom is -0.390 e. The van der Waals surface area contributed by atoms with Crippen molar-refractivity contribution < 1.29 is 15.0 Å². The maximum Gasteiger partial charge on any atom is 0.271 e. The van der Waals surface area contributed by atoms with Gasteiger partial charge in [0.25, 0.3) is 5.91 Å². The van der Waals surface area contributed by atoms with Gasteiger partial charge in [-0.1, -0.05) is 0 Å². The summed E-state index contributed by atoms with van der Waals surface area (Å²) in [5.41, 5.74) is 1.63. The summed E-state index contributed by atoms with van der Waals surface area (Å²) in [5, 5.41) is 27.0. The third kappa shape index (κ3) is 2.08. The number of carbonyl (C=O) groups is 1. The third-order valence-electron chi connectivity index (χ3n) is 5.48. The Kier molecular flexibility index (Phi) is 3.04. The number of aliphatic hydroxyl groups excluding tert-OH is 2. The van der Waals surface area contributed by atoms with Crippen LogP contribution in [0.25, 0.3) is 0 Å². The largest absolute Gasteiger partial charge is 0.390 e. The lowest BCUT2D eigenvalue weighted by atomic mass is 9.85. The molecule has 3 N–H and O–H groups in total. The Morgan fingerprint density at radius 2 is 2.24 bits per heavy atom. The summed E-state index contributed by atoms with van der Waals surface area (Å²) in [6.07, 6.45) is 2.68. The zero-order valence-corrected chi connectivity index (χ0v) is 11.9. The predicted molar refractivity (Wildman–Crippen MR) is 74.6 cm³/mol. The van der Waals surface area contributed by atoms with Crippen LogP contribution in [0.15, 0.2) is 6.07 Å². The molecule has 5 atom stereocenters. The Morgan fingerprint density at radius 1 is 1.38 bits per heavy atom. The van der Waals surface area contributed by atoms with E-state index >= 15 is 0 Å². The van der Waals surface area contributed by atoms with Crippen molar-refractivity contribution in [2.24, 2.45) is 17.8 Å². The minimum atomic E-state index is -0.623. The first-order chi connectivity index (χ1) is 10.1. The molecule has 2 aliphatic carbocycles. The average Bonchev–Trinajstić information content (AvgIpc) is 3.18. The molecule has 6 heteroatoms. The first-order valence-electron chi connectivity index (χ1n) is 7.84. The number of fused-ring (bicyclic) bond motifs is 3. The summed E-state index contributed by atoms with van der Waals surface area (Å²) in [7, 11) is 0. The second-order valence-corrected chi connectivity index (χ2v) is 6.69. The molecule has 4 rings (SSSR count). The molecule has 2 fully saturated rings. The fourth-order valence-corrected chi connectivity index (χ4v) is 4.35. The quantitative estimate of drug-likeness (QED) is 0.728. The lowest BCUT2D eigenvalue weighted by Gasteiger charge is -2.29. The molecule has 0 unspecified atom stereocenters. The standard InChI is InChI=1S/C15H21N3O3/c19-13-8-4-9(11(5-8)14(13)20)7-16-15(21)12-6-10-2-1-3-18(10)17-12/h6,8-9,11,13-14,19-20H,1-5,7H2,(H,16,21)/t8-,9-,11-,13+,14-/m1/s1. The van der Waals surface area contributed by atoms with E-state index in [0.29, 0.717) is 12.2 Å². The number of carbonyl (C=O) groups excluding carboxylic acids is 1. The molecular formula is C15H21N3O3. The summed E-state index contributed by atoms with van der Waals surface area (Å²) >= 11 is 0. The highest BCUT2D eigenvalue weighted by atomic mass is 16.3. The minimum absolute atomic E-state index is 0.123. The summed E-state index contributed by atoms with van der Waals surface area (Å²) in [6.45, 7) is 1.46. The molecule has 2 bridgehead atoms. The molecule has 3 aliphatic rings. The van der Waals surface area contributed by atoms with Gasteiger partial charge in [0, 0.05) is 18.8 Å². The van der Waals surface area contributed by atoms with Gasteiger partial charge in [0.2, 0.25) is 0 Å². The average molecular weight is 291 g/mol. The summed E-state index contributed by atoms with van der Waals surface area (Å²) in [5.74, 6) is 0.460. The number of aromatic nitrogens is 2. The summed E-state index contributed by atoms with van der Waals surface area (Å²) in [4.78, 5) is 12.2. The van der Waals surface area contributed by atoms with Crippen LogP contribution >= 0.6 is 0 Å². The van der Waals surface area contributed by atoms with E-state index in [2.05, 4.69) is 10.4 Å². The maximum absolute atomic E-state index is 12.2. The zero-order valence-electron chi connectivity index (χ0n) is 11.9. The topological polar surface area (TPSA) is 87.4 Å². The van der Waals surface area contributed by atoms with Gasteiger partial charge in [0.15, 0.2) is 0 Å². The molecule has 0 spiro atoms. The molecule has 0 saturated heterocycles. The van der Waals surface area contributed by atoms with Gasteiger partial charge in [-0.2, -0.15) is 5.10 Å². The Morgan fingerprint density at radius 3 is 2.95 bits per heavy atom. The van der Waals surface area contributed by atoms with Crippen LogP contribution < -0.4 is 5.32 Å². The predicted octanol–water partition coefficient (Wildman–Crippen LogP) is -0.0631. The molecule has 114 valence electrons. The molecular weight excluding hydrogens is 270 g/mol. The van der Waals surface area contributed by atoms with Crippen molar-refractivity contribution in [3.63, 3.8) is 0 Å². The van der Waals surface area contributed by atoms with Crippen LogP contribution in [0.3, 0.4) is 0 Å². The van der Waals surface area contributed by atoms with E-state index in [0.717, 1.165) is 37.9 Å². The van der Waals surface area contributed by atoms with Crippen molar-refractivity contribution in [1.82, 2.24) is 15.1 Å². The Balaban J connectivity index is 1.36. The van der Waals surface area contributed by atoms with Gasteiger partial charge < -0.3 is 15.5 Å². The Bertz CT molecular complexity index is 547. The smallest absolute Gasteiger partial charge is 0.271 e. The van der Waals surface area contributed by atoms with Gasteiger partial charge in [0.05, 0.1) is 12.2 Å². The summed E-state index contributed by atoms with van der Waals surface area (Å²) < 4.78 is 1.91. The SMILES string of the molecule is O=C(NC[C@H]1C[C@@H]2C[C@H]1[C@@H](O)[C@H]2O)c1cc2n(n1)CCC2. The highest BCUT2D eigenvalue weighted by molar-refractivity contribution is 5.92. The first kappa shape index (κ1) is 13.3. The molecule has 1 aromatic heterocycles. The number of rotatable bonds is 3. The van der Waals surface area contributed by atoms with Crippen molar-refractivity contribution in [2.45, 2.75) is 44.4 Å². The van der Waals surface area contributed by atoms with Crippen LogP contribution in [0.2, 0.25) is 0 Å². The van der Waals surface area contributed by atoms with E-state index in [4.69, 9.17) is 0 Å². The number of nitrogens with zero attached hydrogens (tertiary/aromatic N) is 2. The van der Waals surface area contributed by atoms with Crippen LogP contribution in [0.5, 0.6) is 0 Å². The second-order valence-electron chi connectivity index (χ2n) is 6.69. The molecule has 0 aromatic carbocycles. The lowest BCUT2D eigenvalue weighted by Crippen LogP contribution is -2.41. The van der Waals surface area contributed by atoms with Crippen molar-refractivity contribution in [3.05, 3.63) is 17.5 Å². The maximum atomic E-state index is 12.2. The van der Waals surface area contributed by atoms with Gasteiger partial charge >= 0.3 is 0 Å². The fraction of sp³-hybridized carbons (Fsp3) is 0.733. The molecule has 1 aromatic rings. The van der Waals surface area contributed by atoms with Gasteiger partial charge in [0.1, 0.15) is 5.69 Å². The van der Waals surface area contributed by atoms with Gasteiger partial charge in [-0.25, -0.2) is 0 Å². The van der Waals surface area contributed by atoms with Crippen LogP contribution in [0, 0.1) is 17.8 Å².